The average molecular weight is 290 g/mol. The fourth-order valence-electron chi connectivity index (χ4n) is 3.26. The second-order valence-electron chi connectivity index (χ2n) is 5.91. The van der Waals surface area contributed by atoms with Gasteiger partial charge in [0.05, 0.1) is 13.2 Å². The van der Waals surface area contributed by atoms with E-state index in [2.05, 4.69) is 39.2 Å². The van der Waals surface area contributed by atoms with Crippen molar-refractivity contribution in [2.45, 2.75) is 25.9 Å². The molecule has 0 spiro atoms. The molecule has 5 nitrogen and oxygen atoms in total. The summed E-state index contributed by atoms with van der Waals surface area (Å²) in [5.41, 5.74) is 1.30. The zero-order chi connectivity index (χ0) is 14.5. The van der Waals surface area contributed by atoms with Crippen molar-refractivity contribution in [1.82, 2.24) is 14.8 Å². The van der Waals surface area contributed by atoms with Gasteiger partial charge in [-0.2, -0.15) is 0 Å². The third-order valence-corrected chi connectivity index (χ3v) is 4.40. The van der Waals surface area contributed by atoms with E-state index < -0.39 is 0 Å². The van der Waals surface area contributed by atoms with Crippen molar-refractivity contribution < 1.29 is 4.74 Å². The van der Waals surface area contributed by atoms with E-state index in [0.29, 0.717) is 6.04 Å². The van der Waals surface area contributed by atoms with Crippen LogP contribution in [0.25, 0.3) is 0 Å². The van der Waals surface area contributed by atoms with E-state index >= 15 is 0 Å². The van der Waals surface area contributed by atoms with Crippen molar-refractivity contribution in [3.05, 3.63) is 23.9 Å². The first-order chi connectivity index (χ1) is 10.3. The lowest BCUT2D eigenvalue weighted by molar-refractivity contribution is 0.0184. The van der Waals surface area contributed by atoms with E-state index in [4.69, 9.17) is 4.74 Å². The van der Waals surface area contributed by atoms with Gasteiger partial charge >= 0.3 is 0 Å². The number of hydrogen-bond donors (Lipinski definition) is 1. The quantitative estimate of drug-likeness (QED) is 0.888. The van der Waals surface area contributed by atoms with Crippen molar-refractivity contribution in [1.29, 1.82) is 0 Å². The number of pyridine rings is 1. The Labute approximate surface area is 127 Å². The van der Waals surface area contributed by atoms with Crippen molar-refractivity contribution >= 4 is 5.82 Å². The molecule has 0 radical (unpaired) electrons. The van der Waals surface area contributed by atoms with Crippen LogP contribution in [-0.4, -0.2) is 66.8 Å². The Bertz CT molecular complexity index is 430. The molecule has 0 saturated carbocycles. The number of nitrogens with one attached hydrogen (secondary N) is 1. The molecule has 5 heteroatoms. The maximum absolute atomic E-state index is 5.44. The van der Waals surface area contributed by atoms with Crippen LogP contribution >= 0.6 is 0 Å². The maximum atomic E-state index is 5.44. The van der Waals surface area contributed by atoms with Gasteiger partial charge in [0, 0.05) is 51.5 Å². The lowest BCUT2D eigenvalue weighted by Crippen LogP contribution is -2.44. The molecule has 0 aliphatic carbocycles. The Balaban J connectivity index is 1.49. The van der Waals surface area contributed by atoms with Crippen LogP contribution < -0.4 is 5.32 Å². The molecule has 2 saturated heterocycles. The fourth-order valence-corrected chi connectivity index (χ4v) is 3.26. The highest BCUT2D eigenvalue weighted by molar-refractivity contribution is 5.35. The third kappa shape index (κ3) is 3.93. The number of ether oxygens (including phenoxy) is 1. The standard InChI is InChI=1S/C16H26N4O/c1-2-17-16-4-3-14(11-18-16)12-19-6-5-15(13-19)20-7-9-21-10-8-20/h3-4,11,15H,2,5-10,12-13H2,1H3,(H,17,18). The molecule has 2 fully saturated rings. The highest BCUT2D eigenvalue weighted by Gasteiger charge is 2.28. The molecule has 1 atom stereocenters. The molecule has 2 aliphatic rings. The molecular formula is C16H26N4O. The zero-order valence-corrected chi connectivity index (χ0v) is 12.9. The van der Waals surface area contributed by atoms with Gasteiger partial charge in [-0.25, -0.2) is 4.98 Å². The highest BCUT2D eigenvalue weighted by atomic mass is 16.5. The predicted octanol–water partition coefficient (Wildman–Crippen LogP) is 1.42. The first-order valence-corrected chi connectivity index (χ1v) is 8.08. The number of aromatic nitrogens is 1. The Morgan fingerprint density at radius 3 is 2.86 bits per heavy atom. The Hall–Kier alpha value is -1.17. The van der Waals surface area contributed by atoms with Crippen LogP contribution in [0.1, 0.15) is 18.9 Å². The molecular weight excluding hydrogens is 264 g/mol. The van der Waals surface area contributed by atoms with Gasteiger partial charge in [0.15, 0.2) is 0 Å². The van der Waals surface area contributed by atoms with Crippen molar-refractivity contribution in [2.75, 3.05) is 51.3 Å². The van der Waals surface area contributed by atoms with Crippen molar-refractivity contribution in [3.8, 4) is 0 Å². The molecule has 0 aromatic carbocycles. The maximum Gasteiger partial charge on any atom is 0.125 e. The minimum absolute atomic E-state index is 0.711. The average Bonchev–Trinajstić information content (AvgIpc) is 2.99. The van der Waals surface area contributed by atoms with Gasteiger partial charge in [0.1, 0.15) is 5.82 Å². The van der Waals surface area contributed by atoms with Gasteiger partial charge in [-0.05, 0) is 25.0 Å². The van der Waals surface area contributed by atoms with Gasteiger partial charge in [-0.15, -0.1) is 0 Å². The largest absolute Gasteiger partial charge is 0.379 e. The summed E-state index contributed by atoms with van der Waals surface area (Å²) < 4.78 is 5.44. The summed E-state index contributed by atoms with van der Waals surface area (Å²) in [5.74, 6) is 0.967. The molecule has 2 aliphatic heterocycles. The summed E-state index contributed by atoms with van der Waals surface area (Å²) in [4.78, 5) is 9.59. The molecule has 3 heterocycles. The number of anilines is 1. The van der Waals surface area contributed by atoms with Crippen LogP contribution in [0.3, 0.4) is 0 Å². The number of hydrogen-bond acceptors (Lipinski definition) is 5. The van der Waals surface area contributed by atoms with Crippen LogP contribution in [0.4, 0.5) is 5.82 Å². The first-order valence-electron chi connectivity index (χ1n) is 8.08. The summed E-state index contributed by atoms with van der Waals surface area (Å²) in [7, 11) is 0. The molecule has 3 rings (SSSR count). The van der Waals surface area contributed by atoms with Crippen LogP contribution in [-0.2, 0) is 11.3 Å². The van der Waals surface area contributed by atoms with Crippen LogP contribution in [0.5, 0.6) is 0 Å². The van der Waals surface area contributed by atoms with Crippen molar-refractivity contribution in [3.63, 3.8) is 0 Å². The van der Waals surface area contributed by atoms with Crippen LogP contribution in [0, 0.1) is 0 Å². The fraction of sp³-hybridized carbons (Fsp3) is 0.688. The Kier molecular flexibility index (Phi) is 5.06. The summed E-state index contributed by atoms with van der Waals surface area (Å²) >= 11 is 0. The molecule has 116 valence electrons. The number of nitrogens with zero attached hydrogens (tertiary/aromatic N) is 3. The van der Waals surface area contributed by atoms with E-state index in [9.17, 15) is 0 Å². The van der Waals surface area contributed by atoms with Gasteiger partial charge in [-0.3, -0.25) is 9.80 Å². The third-order valence-electron chi connectivity index (χ3n) is 4.40. The zero-order valence-electron chi connectivity index (χ0n) is 12.9. The van der Waals surface area contributed by atoms with E-state index in [1.54, 1.807) is 0 Å². The molecule has 1 aromatic rings. The topological polar surface area (TPSA) is 40.6 Å². The van der Waals surface area contributed by atoms with E-state index in [0.717, 1.165) is 45.2 Å². The molecule has 1 N–H and O–H groups in total. The number of rotatable bonds is 5. The van der Waals surface area contributed by atoms with Crippen LogP contribution in [0.15, 0.2) is 18.3 Å². The number of morpholine rings is 1. The Morgan fingerprint density at radius 2 is 2.14 bits per heavy atom. The SMILES string of the molecule is CCNc1ccc(CN2CCC(N3CCOCC3)C2)cn1. The summed E-state index contributed by atoms with van der Waals surface area (Å²) in [6.45, 7) is 10.4. The van der Waals surface area contributed by atoms with Crippen LogP contribution in [0.2, 0.25) is 0 Å². The first kappa shape index (κ1) is 14.8. The number of likely N-dealkylation sites (tertiary alicyclic amines) is 1. The van der Waals surface area contributed by atoms with Crippen molar-refractivity contribution in [2.24, 2.45) is 0 Å². The van der Waals surface area contributed by atoms with E-state index in [1.807, 2.05) is 6.20 Å². The smallest absolute Gasteiger partial charge is 0.125 e. The van der Waals surface area contributed by atoms with E-state index in [1.165, 1.54) is 25.1 Å². The summed E-state index contributed by atoms with van der Waals surface area (Å²) in [6, 6.07) is 4.98. The monoisotopic (exact) mass is 290 g/mol. The van der Waals surface area contributed by atoms with Gasteiger partial charge < -0.3 is 10.1 Å². The highest BCUT2D eigenvalue weighted by Crippen LogP contribution is 2.19. The van der Waals surface area contributed by atoms with Gasteiger partial charge in [0.2, 0.25) is 0 Å². The second-order valence-corrected chi connectivity index (χ2v) is 5.91. The predicted molar refractivity (Wildman–Crippen MR) is 84.5 cm³/mol. The van der Waals surface area contributed by atoms with Gasteiger partial charge in [0.25, 0.3) is 0 Å². The molecule has 21 heavy (non-hydrogen) atoms. The minimum atomic E-state index is 0.711. The second kappa shape index (κ2) is 7.20. The van der Waals surface area contributed by atoms with Gasteiger partial charge in [-0.1, -0.05) is 6.07 Å². The normalized spacial score (nSPS) is 24.3. The summed E-state index contributed by atoms with van der Waals surface area (Å²) in [6.07, 6.45) is 3.28. The molecule has 0 amide bonds. The van der Waals surface area contributed by atoms with E-state index in [-0.39, 0.29) is 0 Å². The minimum Gasteiger partial charge on any atom is -0.379 e. The molecule has 1 aromatic heterocycles. The Morgan fingerprint density at radius 1 is 1.29 bits per heavy atom. The lowest BCUT2D eigenvalue weighted by atomic mass is 10.2. The summed E-state index contributed by atoms with van der Waals surface area (Å²) in [5, 5.41) is 3.24. The molecule has 0 bridgehead atoms. The molecule has 1 unspecified atom stereocenters. The lowest BCUT2D eigenvalue weighted by Gasteiger charge is -2.32.